The number of amides is 1. The average Bonchev–Trinajstić information content (AvgIpc) is 3.23. The van der Waals surface area contributed by atoms with Gasteiger partial charge in [-0.1, -0.05) is 30.3 Å². The fourth-order valence-electron chi connectivity index (χ4n) is 2.20. The number of nitrogens with one attached hydrogen (secondary N) is 2. The van der Waals surface area contributed by atoms with Crippen LogP contribution in [0.3, 0.4) is 0 Å². The summed E-state index contributed by atoms with van der Waals surface area (Å²) in [5.41, 5.74) is 2.20. The maximum absolute atomic E-state index is 12.2. The van der Waals surface area contributed by atoms with Gasteiger partial charge in [-0.05, 0) is 31.0 Å². The van der Waals surface area contributed by atoms with E-state index in [1.807, 2.05) is 24.3 Å². The molecular formula is C16H19N3O2. The normalized spacial score (nSPS) is 14.1. The summed E-state index contributed by atoms with van der Waals surface area (Å²) in [4.78, 5) is 12.2. The standard InChI is InChI=1S/C16H19N3O2/c1-2-17-10-12-5-3-4-6-13(12)18-16(20)14-9-15(21-19-14)11-7-8-11/h3-6,9,11,17H,2,7-8,10H2,1H3,(H,18,20). The van der Waals surface area contributed by atoms with Gasteiger partial charge >= 0.3 is 0 Å². The first-order valence-electron chi connectivity index (χ1n) is 7.34. The van der Waals surface area contributed by atoms with Gasteiger partial charge in [0.15, 0.2) is 5.69 Å². The van der Waals surface area contributed by atoms with Gasteiger partial charge in [-0.15, -0.1) is 0 Å². The van der Waals surface area contributed by atoms with Crippen molar-refractivity contribution in [3.05, 3.63) is 47.3 Å². The van der Waals surface area contributed by atoms with Gasteiger partial charge in [-0.25, -0.2) is 0 Å². The van der Waals surface area contributed by atoms with E-state index in [2.05, 4.69) is 22.7 Å². The molecule has 21 heavy (non-hydrogen) atoms. The Bertz CT molecular complexity index is 632. The molecule has 2 aromatic rings. The second kappa shape index (κ2) is 6.10. The number of nitrogens with zero attached hydrogens (tertiary/aromatic N) is 1. The summed E-state index contributed by atoms with van der Waals surface area (Å²) >= 11 is 0. The van der Waals surface area contributed by atoms with Gasteiger partial charge in [0.1, 0.15) is 5.76 Å². The maximum Gasteiger partial charge on any atom is 0.277 e. The first-order valence-corrected chi connectivity index (χ1v) is 7.34. The van der Waals surface area contributed by atoms with Gasteiger partial charge in [-0.3, -0.25) is 4.79 Å². The lowest BCUT2D eigenvalue weighted by Gasteiger charge is -2.10. The number of benzene rings is 1. The molecule has 3 rings (SSSR count). The smallest absolute Gasteiger partial charge is 0.277 e. The van der Waals surface area contributed by atoms with E-state index in [4.69, 9.17) is 4.52 Å². The van der Waals surface area contributed by atoms with Crippen LogP contribution >= 0.6 is 0 Å². The lowest BCUT2D eigenvalue weighted by Crippen LogP contribution is -2.17. The van der Waals surface area contributed by atoms with Gasteiger partial charge in [-0.2, -0.15) is 0 Å². The van der Waals surface area contributed by atoms with Crippen LogP contribution < -0.4 is 10.6 Å². The van der Waals surface area contributed by atoms with Crippen molar-refractivity contribution in [3.8, 4) is 0 Å². The van der Waals surface area contributed by atoms with Gasteiger partial charge in [0.05, 0.1) is 0 Å². The molecule has 1 aliphatic rings. The van der Waals surface area contributed by atoms with E-state index in [1.54, 1.807) is 6.07 Å². The van der Waals surface area contributed by atoms with Crippen molar-refractivity contribution < 1.29 is 9.32 Å². The highest BCUT2D eigenvalue weighted by atomic mass is 16.5. The van der Waals surface area contributed by atoms with E-state index in [9.17, 15) is 4.79 Å². The molecule has 5 heteroatoms. The number of carbonyl (C=O) groups excluding carboxylic acids is 1. The molecule has 0 atom stereocenters. The van der Waals surface area contributed by atoms with E-state index in [0.29, 0.717) is 11.6 Å². The average molecular weight is 285 g/mol. The Morgan fingerprint density at radius 3 is 2.95 bits per heavy atom. The van der Waals surface area contributed by atoms with Gasteiger partial charge in [0.25, 0.3) is 5.91 Å². The summed E-state index contributed by atoms with van der Waals surface area (Å²) in [6.07, 6.45) is 2.25. The first kappa shape index (κ1) is 13.8. The van der Waals surface area contributed by atoms with Crippen LogP contribution in [0.15, 0.2) is 34.9 Å². The maximum atomic E-state index is 12.2. The molecule has 1 aliphatic carbocycles. The minimum Gasteiger partial charge on any atom is -0.360 e. The van der Waals surface area contributed by atoms with E-state index in [1.165, 1.54) is 0 Å². The molecule has 0 bridgehead atoms. The SMILES string of the molecule is CCNCc1ccccc1NC(=O)c1cc(C2CC2)on1. The number of anilines is 1. The molecule has 0 saturated heterocycles. The number of hydrogen-bond donors (Lipinski definition) is 2. The quantitative estimate of drug-likeness (QED) is 0.856. The third-order valence-corrected chi connectivity index (χ3v) is 3.57. The number of para-hydroxylation sites is 1. The molecule has 1 heterocycles. The lowest BCUT2D eigenvalue weighted by molar-refractivity contribution is 0.101. The summed E-state index contributed by atoms with van der Waals surface area (Å²) in [5.74, 6) is 1.05. The minimum absolute atomic E-state index is 0.227. The molecule has 0 spiro atoms. The Kier molecular flexibility index (Phi) is 4.01. The zero-order valence-electron chi connectivity index (χ0n) is 12.1. The van der Waals surface area contributed by atoms with Crippen molar-refractivity contribution in [1.82, 2.24) is 10.5 Å². The highest BCUT2D eigenvalue weighted by molar-refractivity contribution is 6.03. The summed E-state index contributed by atoms with van der Waals surface area (Å²) in [6.45, 7) is 3.66. The Hall–Kier alpha value is -2.14. The Morgan fingerprint density at radius 1 is 1.38 bits per heavy atom. The Labute approximate surface area is 123 Å². The van der Waals surface area contributed by atoms with Crippen LogP contribution in [0, 0.1) is 0 Å². The molecule has 1 saturated carbocycles. The molecule has 110 valence electrons. The molecule has 0 unspecified atom stereocenters. The van der Waals surface area contributed by atoms with Crippen LogP contribution in [0.4, 0.5) is 5.69 Å². The fourth-order valence-corrected chi connectivity index (χ4v) is 2.20. The summed E-state index contributed by atoms with van der Waals surface area (Å²) in [5, 5.41) is 10.0. The molecule has 1 aromatic heterocycles. The van der Waals surface area contributed by atoms with Gasteiger partial charge in [0.2, 0.25) is 0 Å². The predicted octanol–water partition coefficient (Wildman–Crippen LogP) is 2.91. The number of aromatic nitrogens is 1. The van der Waals surface area contributed by atoms with Crippen molar-refractivity contribution >= 4 is 11.6 Å². The van der Waals surface area contributed by atoms with E-state index < -0.39 is 0 Å². The molecule has 0 aliphatic heterocycles. The van der Waals surface area contributed by atoms with Crippen molar-refractivity contribution in [1.29, 1.82) is 0 Å². The second-order valence-electron chi connectivity index (χ2n) is 5.28. The molecular weight excluding hydrogens is 266 g/mol. The molecule has 2 N–H and O–H groups in total. The van der Waals surface area contributed by atoms with Crippen molar-refractivity contribution in [2.75, 3.05) is 11.9 Å². The summed E-state index contributed by atoms with van der Waals surface area (Å²) in [6, 6.07) is 9.51. The number of rotatable bonds is 6. The third-order valence-electron chi connectivity index (χ3n) is 3.57. The van der Waals surface area contributed by atoms with E-state index >= 15 is 0 Å². The third kappa shape index (κ3) is 3.31. The molecule has 5 nitrogen and oxygen atoms in total. The van der Waals surface area contributed by atoms with Crippen molar-refractivity contribution in [2.24, 2.45) is 0 Å². The van der Waals surface area contributed by atoms with Gasteiger partial charge < -0.3 is 15.2 Å². The van der Waals surface area contributed by atoms with Crippen LogP contribution in [0.25, 0.3) is 0 Å². The topological polar surface area (TPSA) is 67.2 Å². The Morgan fingerprint density at radius 2 is 2.19 bits per heavy atom. The fraction of sp³-hybridized carbons (Fsp3) is 0.375. The second-order valence-corrected chi connectivity index (χ2v) is 5.28. The van der Waals surface area contributed by atoms with Crippen LogP contribution in [-0.2, 0) is 6.54 Å². The summed E-state index contributed by atoms with van der Waals surface area (Å²) in [7, 11) is 0. The van der Waals surface area contributed by atoms with E-state index in [0.717, 1.165) is 42.9 Å². The Balaban J connectivity index is 1.71. The van der Waals surface area contributed by atoms with E-state index in [-0.39, 0.29) is 5.91 Å². The predicted molar refractivity (Wildman–Crippen MR) is 80.3 cm³/mol. The highest BCUT2D eigenvalue weighted by Gasteiger charge is 2.28. The largest absolute Gasteiger partial charge is 0.360 e. The van der Waals surface area contributed by atoms with Crippen molar-refractivity contribution in [2.45, 2.75) is 32.2 Å². The number of carbonyl (C=O) groups is 1. The molecule has 1 fully saturated rings. The molecule has 0 radical (unpaired) electrons. The van der Waals surface area contributed by atoms with Crippen LogP contribution in [0.2, 0.25) is 0 Å². The zero-order chi connectivity index (χ0) is 14.7. The number of hydrogen-bond acceptors (Lipinski definition) is 4. The van der Waals surface area contributed by atoms with Gasteiger partial charge in [0, 0.05) is 24.2 Å². The monoisotopic (exact) mass is 285 g/mol. The molecule has 1 amide bonds. The van der Waals surface area contributed by atoms with Crippen LogP contribution in [0.5, 0.6) is 0 Å². The zero-order valence-corrected chi connectivity index (χ0v) is 12.1. The highest BCUT2D eigenvalue weighted by Crippen LogP contribution is 2.40. The minimum atomic E-state index is -0.227. The molecule has 1 aromatic carbocycles. The first-order chi connectivity index (χ1) is 10.3. The van der Waals surface area contributed by atoms with Crippen LogP contribution in [0.1, 0.15) is 47.5 Å². The van der Waals surface area contributed by atoms with Crippen molar-refractivity contribution in [3.63, 3.8) is 0 Å². The summed E-state index contributed by atoms with van der Waals surface area (Å²) < 4.78 is 5.22. The lowest BCUT2D eigenvalue weighted by atomic mass is 10.1. The van der Waals surface area contributed by atoms with Crippen LogP contribution in [-0.4, -0.2) is 17.6 Å².